The standard InChI is InChI=1S/C31H44FN5O3/c1-3-7-28(38)31(24-8-5-4-6-9-24)15-18-37(19-16-31)29(39)27(20-23-10-12-25(32)13-11-23)35-30(40)33-17-14-26-21-36(2)22-34-26/h10-13,21-22,24,27H,3-9,14-20H2,1-2H3,(H2,33,35,40)/t27-/m1/s1. The van der Waals surface area contributed by atoms with Gasteiger partial charge in [-0.15, -0.1) is 0 Å². The molecular weight excluding hydrogens is 509 g/mol. The van der Waals surface area contributed by atoms with E-state index in [1.807, 2.05) is 22.7 Å². The van der Waals surface area contributed by atoms with E-state index in [4.69, 9.17) is 0 Å². The second kappa shape index (κ2) is 13.9. The first kappa shape index (κ1) is 29.7. The smallest absolute Gasteiger partial charge is 0.315 e. The van der Waals surface area contributed by atoms with Crippen molar-refractivity contribution in [3.05, 3.63) is 53.9 Å². The number of likely N-dealkylation sites (tertiary alicyclic amines) is 1. The van der Waals surface area contributed by atoms with Crippen LogP contribution in [0.5, 0.6) is 0 Å². The zero-order valence-corrected chi connectivity index (χ0v) is 24.0. The van der Waals surface area contributed by atoms with Crippen molar-refractivity contribution < 1.29 is 18.8 Å². The van der Waals surface area contributed by atoms with Gasteiger partial charge in [-0.2, -0.15) is 0 Å². The Bertz CT molecular complexity index is 1130. The molecule has 2 heterocycles. The van der Waals surface area contributed by atoms with Crippen LogP contribution in [0.1, 0.15) is 76.0 Å². The highest BCUT2D eigenvalue weighted by atomic mass is 19.1. The normalized spacial score (nSPS) is 18.2. The van der Waals surface area contributed by atoms with Gasteiger partial charge in [0.15, 0.2) is 0 Å². The van der Waals surface area contributed by atoms with Gasteiger partial charge >= 0.3 is 6.03 Å². The number of aryl methyl sites for hydroxylation is 1. The number of ketones is 1. The molecule has 0 unspecified atom stereocenters. The molecule has 8 nitrogen and oxygen atoms in total. The van der Waals surface area contributed by atoms with E-state index in [2.05, 4.69) is 22.5 Å². The molecule has 1 saturated heterocycles. The molecule has 1 atom stereocenters. The Hall–Kier alpha value is -3.23. The number of carbonyl (C=O) groups is 3. The van der Waals surface area contributed by atoms with Crippen molar-refractivity contribution in [1.29, 1.82) is 0 Å². The van der Waals surface area contributed by atoms with Crippen LogP contribution < -0.4 is 10.6 Å². The van der Waals surface area contributed by atoms with Crippen molar-refractivity contribution in [3.8, 4) is 0 Å². The SMILES string of the molecule is CCCC(=O)C1(C2CCCCC2)CCN(C(=O)[C@@H](Cc2ccc(F)cc2)NC(=O)NCCc2cn(C)cn2)CC1. The molecule has 218 valence electrons. The van der Waals surface area contributed by atoms with Crippen molar-refractivity contribution in [2.45, 2.75) is 83.6 Å². The summed E-state index contributed by atoms with van der Waals surface area (Å²) in [6.45, 7) is 3.45. The number of urea groups is 1. The number of aromatic nitrogens is 2. The van der Waals surface area contributed by atoms with Gasteiger partial charge in [-0.25, -0.2) is 14.2 Å². The lowest BCUT2D eigenvalue weighted by molar-refractivity contribution is -0.144. The Morgan fingerprint density at radius 3 is 2.42 bits per heavy atom. The third-order valence-electron chi connectivity index (χ3n) is 8.77. The number of imidazole rings is 1. The zero-order valence-electron chi connectivity index (χ0n) is 24.0. The van der Waals surface area contributed by atoms with Gasteiger partial charge in [-0.3, -0.25) is 9.59 Å². The van der Waals surface area contributed by atoms with Gasteiger partial charge in [0.2, 0.25) is 5.91 Å². The lowest BCUT2D eigenvalue weighted by atomic mass is 9.61. The third kappa shape index (κ3) is 7.49. The fraction of sp³-hybridized carbons (Fsp3) is 0.613. The van der Waals surface area contributed by atoms with E-state index in [1.54, 1.807) is 18.5 Å². The number of carbonyl (C=O) groups excluding carboxylic acids is 3. The number of nitrogens with one attached hydrogen (secondary N) is 2. The molecule has 2 aliphatic rings. The fourth-order valence-electron chi connectivity index (χ4n) is 6.56. The van der Waals surface area contributed by atoms with E-state index >= 15 is 0 Å². The number of nitrogens with zero attached hydrogens (tertiary/aromatic N) is 3. The Balaban J connectivity index is 1.42. The molecule has 3 amide bonds. The molecule has 1 aliphatic heterocycles. The van der Waals surface area contributed by atoms with E-state index in [9.17, 15) is 18.8 Å². The van der Waals surface area contributed by atoms with Gasteiger partial charge in [-0.1, -0.05) is 38.3 Å². The molecule has 2 N–H and O–H groups in total. The number of hydrogen-bond donors (Lipinski definition) is 2. The Kier molecular flexibility index (Phi) is 10.3. The van der Waals surface area contributed by atoms with Crippen LogP contribution in [0.15, 0.2) is 36.8 Å². The first-order valence-corrected chi connectivity index (χ1v) is 14.9. The number of rotatable bonds is 11. The zero-order chi connectivity index (χ0) is 28.5. The third-order valence-corrected chi connectivity index (χ3v) is 8.77. The summed E-state index contributed by atoms with van der Waals surface area (Å²) in [5, 5.41) is 5.70. The van der Waals surface area contributed by atoms with Crippen LogP contribution in [-0.2, 0) is 29.5 Å². The largest absolute Gasteiger partial charge is 0.341 e. The summed E-state index contributed by atoms with van der Waals surface area (Å²) in [7, 11) is 1.89. The monoisotopic (exact) mass is 553 g/mol. The molecule has 0 bridgehead atoms. The van der Waals surface area contributed by atoms with Gasteiger partial charge in [0, 0.05) is 57.6 Å². The lowest BCUT2D eigenvalue weighted by Crippen LogP contribution is -2.56. The van der Waals surface area contributed by atoms with Crippen LogP contribution in [0, 0.1) is 17.2 Å². The number of hydrogen-bond acceptors (Lipinski definition) is 4. The maximum Gasteiger partial charge on any atom is 0.315 e. The number of piperidine rings is 1. The van der Waals surface area contributed by atoms with Gasteiger partial charge in [-0.05, 0) is 55.7 Å². The number of amides is 3. The minimum absolute atomic E-state index is 0.163. The van der Waals surface area contributed by atoms with E-state index in [0.29, 0.717) is 57.0 Å². The van der Waals surface area contributed by atoms with Gasteiger partial charge in [0.1, 0.15) is 17.6 Å². The number of benzene rings is 1. The average molecular weight is 554 g/mol. The molecule has 4 rings (SSSR count). The van der Waals surface area contributed by atoms with Crippen LogP contribution in [0.2, 0.25) is 0 Å². The second-order valence-electron chi connectivity index (χ2n) is 11.6. The van der Waals surface area contributed by atoms with E-state index < -0.39 is 12.1 Å². The number of Topliss-reactive ketones (excluding diaryl/α,β-unsaturated/α-hetero) is 1. The average Bonchev–Trinajstić information content (AvgIpc) is 3.38. The van der Waals surface area contributed by atoms with Gasteiger partial charge < -0.3 is 20.1 Å². The Labute approximate surface area is 237 Å². The predicted octanol–water partition coefficient (Wildman–Crippen LogP) is 4.57. The summed E-state index contributed by atoms with van der Waals surface area (Å²) >= 11 is 0. The Morgan fingerprint density at radius 2 is 1.80 bits per heavy atom. The molecule has 1 aromatic heterocycles. The summed E-state index contributed by atoms with van der Waals surface area (Å²) in [4.78, 5) is 46.1. The Morgan fingerprint density at radius 1 is 1.10 bits per heavy atom. The topological polar surface area (TPSA) is 96.3 Å². The molecule has 2 fully saturated rings. The molecule has 1 aromatic carbocycles. The van der Waals surface area contributed by atoms with Crippen LogP contribution in [-0.4, -0.2) is 57.8 Å². The van der Waals surface area contributed by atoms with E-state index in [-0.39, 0.29) is 23.6 Å². The van der Waals surface area contributed by atoms with Gasteiger partial charge in [0.05, 0.1) is 12.0 Å². The fourth-order valence-corrected chi connectivity index (χ4v) is 6.56. The van der Waals surface area contributed by atoms with Crippen molar-refractivity contribution in [2.24, 2.45) is 18.4 Å². The van der Waals surface area contributed by atoms with E-state index in [0.717, 1.165) is 30.5 Å². The van der Waals surface area contributed by atoms with Crippen LogP contribution in [0.4, 0.5) is 9.18 Å². The second-order valence-corrected chi connectivity index (χ2v) is 11.6. The molecule has 0 radical (unpaired) electrons. The summed E-state index contributed by atoms with van der Waals surface area (Å²) in [5.41, 5.74) is 1.30. The van der Waals surface area contributed by atoms with Crippen LogP contribution in [0.25, 0.3) is 0 Å². The summed E-state index contributed by atoms with van der Waals surface area (Å²) in [5.74, 6) is 0.251. The summed E-state index contributed by atoms with van der Waals surface area (Å²) in [6, 6.07) is 4.79. The molecule has 1 aliphatic carbocycles. The molecule has 0 spiro atoms. The first-order chi connectivity index (χ1) is 19.3. The lowest BCUT2D eigenvalue weighted by Gasteiger charge is -2.47. The maximum absolute atomic E-state index is 13.8. The van der Waals surface area contributed by atoms with Crippen molar-refractivity contribution in [3.63, 3.8) is 0 Å². The summed E-state index contributed by atoms with van der Waals surface area (Å²) in [6.07, 6.45) is 13.0. The highest BCUT2D eigenvalue weighted by Gasteiger charge is 2.47. The maximum atomic E-state index is 13.8. The van der Waals surface area contributed by atoms with E-state index in [1.165, 1.54) is 31.4 Å². The van der Waals surface area contributed by atoms with Crippen LogP contribution >= 0.6 is 0 Å². The molecule has 9 heteroatoms. The molecule has 2 aromatic rings. The highest BCUT2D eigenvalue weighted by molar-refractivity contribution is 5.88. The quantitative estimate of drug-likeness (QED) is 0.426. The van der Waals surface area contributed by atoms with Crippen molar-refractivity contribution in [2.75, 3.05) is 19.6 Å². The minimum atomic E-state index is -0.797. The summed E-state index contributed by atoms with van der Waals surface area (Å²) < 4.78 is 15.4. The first-order valence-electron chi connectivity index (χ1n) is 14.9. The molecular formula is C31H44FN5O3. The van der Waals surface area contributed by atoms with Gasteiger partial charge in [0.25, 0.3) is 0 Å². The molecule has 1 saturated carbocycles. The van der Waals surface area contributed by atoms with Crippen LogP contribution in [0.3, 0.4) is 0 Å². The minimum Gasteiger partial charge on any atom is -0.341 e. The van der Waals surface area contributed by atoms with Crippen molar-refractivity contribution in [1.82, 2.24) is 25.1 Å². The van der Waals surface area contributed by atoms with Crippen molar-refractivity contribution >= 4 is 17.7 Å². The predicted molar refractivity (Wildman–Crippen MR) is 152 cm³/mol. The highest BCUT2D eigenvalue weighted by Crippen LogP contribution is 2.47. The molecule has 40 heavy (non-hydrogen) atoms. The number of halogens is 1.